The number of carbonyl (C=O) groups excluding carboxylic acids is 3. The molecule has 1 aliphatic heterocycles. The molecule has 33 heavy (non-hydrogen) atoms. The van der Waals surface area contributed by atoms with E-state index in [4.69, 9.17) is 11.6 Å². The van der Waals surface area contributed by atoms with Crippen LogP contribution in [0.15, 0.2) is 78.9 Å². The van der Waals surface area contributed by atoms with Crippen LogP contribution < -0.4 is 20.9 Å². The van der Waals surface area contributed by atoms with Gasteiger partial charge in [-0.25, -0.2) is 4.79 Å². The SMILES string of the molecule is O=C1CN(C(=O)N[C@H](Cc2ccccc2)C(=O)NCc2cccc(Cl)c2)c2ccccc2N1. The summed E-state index contributed by atoms with van der Waals surface area (Å²) in [6, 6.07) is 22.3. The normalized spacial score (nSPS) is 13.5. The Labute approximate surface area is 196 Å². The molecule has 0 bridgehead atoms. The number of amides is 4. The Balaban J connectivity index is 1.51. The molecule has 0 radical (unpaired) electrons. The number of urea groups is 1. The molecule has 0 saturated heterocycles. The van der Waals surface area contributed by atoms with Crippen molar-refractivity contribution in [2.75, 3.05) is 16.8 Å². The highest BCUT2D eigenvalue weighted by atomic mass is 35.5. The first-order valence-electron chi connectivity index (χ1n) is 10.5. The molecule has 3 aromatic carbocycles. The molecule has 3 N–H and O–H groups in total. The van der Waals surface area contributed by atoms with Gasteiger partial charge < -0.3 is 16.0 Å². The Morgan fingerprint density at radius 2 is 1.70 bits per heavy atom. The molecule has 7 nitrogen and oxygen atoms in total. The van der Waals surface area contributed by atoms with Gasteiger partial charge in [-0.15, -0.1) is 0 Å². The second kappa shape index (κ2) is 10.2. The lowest BCUT2D eigenvalue weighted by Crippen LogP contribution is -2.54. The zero-order valence-corrected chi connectivity index (χ0v) is 18.5. The van der Waals surface area contributed by atoms with Gasteiger partial charge >= 0.3 is 6.03 Å². The van der Waals surface area contributed by atoms with E-state index in [1.807, 2.05) is 42.5 Å². The molecule has 0 fully saturated rings. The minimum absolute atomic E-state index is 0.134. The van der Waals surface area contributed by atoms with Crippen LogP contribution in [0.1, 0.15) is 11.1 Å². The third-order valence-corrected chi connectivity index (χ3v) is 5.50. The molecule has 0 aromatic heterocycles. The second-order valence-electron chi connectivity index (χ2n) is 7.69. The fourth-order valence-electron chi connectivity index (χ4n) is 3.66. The molecule has 8 heteroatoms. The molecule has 1 heterocycles. The minimum atomic E-state index is -0.837. The van der Waals surface area contributed by atoms with Crippen molar-refractivity contribution in [2.45, 2.75) is 19.0 Å². The van der Waals surface area contributed by atoms with Crippen molar-refractivity contribution in [1.82, 2.24) is 10.6 Å². The number of carbonyl (C=O) groups is 3. The van der Waals surface area contributed by atoms with Gasteiger partial charge in [0.1, 0.15) is 12.6 Å². The molecule has 0 aliphatic carbocycles. The maximum Gasteiger partial charge on any atom is 0.323 e. The fourth-order valence-corrected chi connectivity index (χ4v) is 3.87. The van der Waals surface area contributed by atoms with Gasteiger partial charge in [0.25, 0.3) is 0 Å². The Hall–Kier alpha value is -3.84. The van der Waals surface area contributed by atoms with E-state index >= 15 is 0 Å². The quantitative estimate of drug-likeness (QED) is 0.521. The van der Waals surface area contributed by atoms with E-state index in [0.29, 0.717) is 22.8 Å². The van der Waals surface area contributed by atoms with E-state index < -0.39 is 12.1 Å². The van der Waals surface area contributed by atoms with E-state index in [2.05, 4.69) is 16.0 Å². The molecular formula is C25H23ClN4O3. The minimum Gasteiger partial charge on any atom is -0.350 e. The molecule has 0 unspecified atom stereocenters. The van der Waals surface area contributed by atoms with E-state index in [1.165, 1.54) is 4.90 Å². The van der Waals surface area contributed by atoms with Crippen molar-refractivity contribution in [3.05, 3.63) is 95.0 Å². The van der Waals surface area contributed by atoms with Gasteiger partial charge in [0.05, 0.1) is 11.4 Å². The van der Waals surface area contributed by atoms with Crippen molar-refractivity contribution >= 4 is 40.8 Å². The number of hydrogen-bond acceptors (Lipinski definition) is 3. The Morgan fingerprint density at radius 3 is 2.48 bits per heavy atom. The number of anilines is 2. The van der Waals surface area contributed by atoms with Crippen LogP contribution in [-0.2, 0) is 22.6 Å². The van der Waals surface area contributed by atoms with Gasteiger partial charge in [0.15, 0.2) is 0 Å². The van der Waals surface area contributed by atoms with Crippen LogP contribution in [0.2, 0.25) is 5.02 Å². The summed E-state index contributed by atoms with van der Waals surface area (Å²) in [6.45, 7) is 0.139. The second-order valence-corrected chi connectivity index (χ2v) is 8.13. The van der Waals surface area contributed by atoms with Crippen LogP contribution >= 0.6 is 11.6 Å². The Bertz CT molecular complexity index is 1170. The van der Waals surface area contributed by atoms with E-state index in [9.17, 15) is 14.4 Å². The van der Waals surface area contributed by atoms with Crippen LogP contribution in [0.4, 0.5) is 16.2 Å². The van der Waals surface area contributed by atoms with Crippen molar-refractivity contribution in [1.29, 1.82) is 0 Å². The predicted molar refractivity (Wildman–Crippen MR) is 128 cm³/mol. The summed E-state index contributed by atoms with van der Waals surface area (Å²) in [5.41, 5.74) is 2.88. The van der Waals surface area contributed by atoms with Crippen LogP contribution in [0.5, 0.6) is 0 Å². The largest absolute Gasteiger partial charge is 0.350 e. The van der Waals surface area contributed by atoms with Crippen molar-refractivity contribution in [3.63, 3.8) is 0 Å². The topological polar surface area (TPSA) is 90.5 Å². The number of nitrogens with zero attached hydrogens (tertiary/aromatic N) is 1. The number of rotatable bonds is 6. The smallest absolute Gasteiger partial charge is 0.323 e. The lowest BCUT2D eigenvalue weighted by molar-refractivity contribution is -0.123. The molecule has 4 amide bonds. The maximum absolute atomic E-state index is 13.2. The van der Waals surface area contributed by atoms with Crippen LogP contribution in [0.3, 0.4) is 0 Å². The monoisotopic (exact) mass is 462 g/mol. The van der Waals surface area contributed by atoms with Gasteiger partial charge in [-0.3, -0.25) is 14.5 Å². The highest BCUT2D eigenvalue weighted by Gasteiger charge is 2.30. The first-order chi connectivity index (χ1) is 16.0. The van der Waals surface area contributed by atoms with E-state index in [-0.39, 0.29) is 24.9 Å². The van der Waals surface area contributed by atoms with Gasteiger partial charge in [-0.05, 0) is 35.4 Å². The molecular weight excluding hydrogens is 440 g/mol. The van der Waals surface area contributed by atoms with Crippen LogP contribution in [-0.4, -0.2) is 30.4 Å². The first-order valence-corrected chi connectivity index (χ1v) is 10.9. The number of benzene rings is 3. The summed E-state index contributed by atoms with van der Waals surface area (Å²) in [7, 11) is 0. The average molecular weight is 463 g/mol. The summed E-state index contributed by atoms with van der Waals surface area (Å²) in [5.74, 6) is -0.629. The lowest BCUT2D eigenvalue weighted by Gasteiger charge is -2.30. The van der Waals surface area contributed by atoms with Crippen LogP contribution in [0, 0.1) is 0 Å². The highest BCUT2D eigenvalue weighted by Crippen LogP contribution is 2.28. The number of para-hydroxylation sites is 2. The average Bonchev–Trinajstić information content (AvgIpc) is 2.82. The predicted octanol–water partition coefficient (Wildman–Crippen LogP) is 3.74. The molecule has 0 spiro atoms. The van der Waals surface area contributed by atoms with Gasteiger partial charge in [0.2, 0.25) is 11.8 Å². The molecule has 0 saturated carbocycles. The standard InChI is InChI=1S/C25H23ClN4O3/c26-19-10-6-9-18(13-19)15-27-24(32)21(14-17-7-2-1-3-8-17)29-25(33)30-16-23(31)28-20-11-4-5-12-22(20)30/h1-13,21H,14-16H2,(H,27,32)(H,28,31)(H,29,33)/t21-/m1/s1. The third-order valence-electron chi connectivity index (χ3n) is 5.27. The number of hydrogen-bond donors (Lipinski definition) is 3. The zero-order chi connectivity index (χ0) is 23.2. The van der Waals surface area contributed by atoms with Gasteiger partial charge in [-0.2, -0.15) is 0 Å². The number of halogens is 1. The summed E-state index contributed by atoms with van der Waals surface area (Å²) < 4.78 is 0. The lowest BCUT2D eigenvalue weighted by atomic mass is 10.1. The van der Waals surface area contributed by atoms with E-state index in [0.717, 1.165) is 11.1 Å². The molecule has 1 atom stereocenters. The third kappa shape index (κ3) is 5.70. The van der Waals surface area contributed by atoms with Crippen molar-refractivity contribution < 1.29 is 14.4 Å². The first kappa shape index (κ1) is 22.4. The molecule has 3 aromatic rings. The van der Waals surface area contributed by atoms with Crippen LogP contribution in [0.25, 0.3) is 0 Å². The maximum atomic E-state index is 13.2. The number of nitrogens with one attached hydrogen (secondary N) is 3. The van der Waals surface area contributed by atoms with Crippen molar-refractivity contribution in [3.8, 4) is 0 Å². The van der Waals surface area contributed by atoms with Gasteiger partial charge in [-0.1, -0.05) is 66.2 Å². The van der Waals surface area contributed by atoms with Crippen molar-refractivity contribution in [2.24, 2.45) is 0 Å². The summed E-state index contributed by atoms with van der Waals surface area (Å²) >= 11 is 6.03. The van der Waals surface area contributed by atoms with Gasteiger partial charge in [0, 0.05) is 18.0 Å². The number of fused-ring (bicyclic) bond motifs is 1. The summed E-state index contributed by atoms with van der Waals surface area (Å²) in [5, 5.41) is 9.02. The molecule has 168 valence electrons. The zero-order valence-electron chi connectivity index (χ0n) is 17.8. The van der Waals surface area contributed by atoms with E-state index in [1.54, 1.807) is 36.4 Å². The summed E-state index contributed by atoms with van der Waals surface area (Å²) in [4.78, 5) is 39.7. The highest BCUT2D eigenvalue weighted by molar-refractivity contribution is 6.30. The summed E-state index contributed by atoms with van der Waals surface area (Å²) in [6.07, 6.45) is 0.301. The fraction of sp³-hybridized carbons (Fsp3) is 0.160. The molecule has 4 rings (SSSR count). The molecule has 1 aliphatic rings. The Kier molecular flexibility index (Phi) is 6.90. The Morgan fingerprint density at radius 1 is 0.970 bits per heavy atom.